The number of hydrogen-bond acceptors (Lipinski definition) is 6. The van der Waals surface area contributed by atoms with Gasteiger partial charge in [-0.15, -0.1) is 0 Å². The van der Waals surface area contributed by atoms with Crippen molar-refractivity contribution in [1.82, 2.24) is 0 Å². The summed E-state index contributed by atoms with van der Waals surface area (Å²) in [5.74, 6) is -2.08. The Morgan fingerprint density at radius 3 is 1.50 bits per heavy atom. The van der Waals surface area contributed by atoms with Gasteiger partial charge in [0.1, 0.15) is 23.3 Å². The summed E-state index contributed by atoms with van der Waals surface area (Å²) in [6, 6.07) is 18.0. The number of carbonyl (C=O) groups excluding carboxylic acids is 2. The fourth-order valence-corrected chi connectivity index (χ4v) is 6.27. The Balaban J connectivity index is 0.000000157. The molecule has 2 amide bonds. The average Bonchev–Trinajstić information content (AvgIpc) is 3.91. The SMILES string of the molecule is O=C1Nc2cc(F)ccc2C1=CNc1ccc(N2CC=CC2)c(F)c1.O=C1Nc2cc(F)ccc2C1=CNc1ccc(N2CCCC2)c(F)c1. The number of fused-ring (bicyclic) bond motifs is 2. The summed E-state index contributed by atoms with van der Waals surface area (Å²) in [6.07, 6.45) is 9.18. The highest BCUT2D eigenvalue weighted by atomic mass is 19.1. The van der Waals surface area contributed by atoms with Crippen LogP contribution in [-0.4, -0.2) is 38.0 Å². The fraction of sp³-hybridized carbons (Fsp3) is 0.158. The van der Waals surface area contributed by atoms with Gasteiger partial charge in [0.25, 0.3) is 11.8 Å². The lowest BCUT2D eigenvalue weighted by atomic mass is 10.1. The highest BCUT2D eigenvalue weighted by Gasteiger charge is 2.26. The Hall–Kier alpha value is -6.04. The van der Waals surface area contributed by atoms with E-state index in [1.54, 1.807) is 36.4 Å². The van der Waals surface area contributed by atoms with Crippen LogP contribution in [0.25, 0.3) is 11.1 Å². The molecule has 4 N–H and O–H groups in total. The van der Waals surface area contributed by atoms with Crippen LogP contribution in [0.3, 0.4) is 0 Å². The summed E-state index contributed by atoms with van der Waals surface area (Å²) in [4.78, 5) is 28.0. The third kappa shape index (κ3) is 6.77. The van der Waals surface area contributed by atoms with Gasteiger partial charge in [0, 0.05) is 61.1 Å². The fourth-order valence-electron chi connectivity index (χ4n) is 6.27. The Morgan fingerprint density at radius 2 is 1.04 bits per heavy atom. The molecule has 0 bridgehead atoms. The maximum atomic E-state index is 14.3. The molecule has 1 saturated heterocycles. The van der Waals surface area contributed by atoms with E-state index in [1.165, 1.54) is 48.8 Å². The predicted octanol–water partition coefficient (Wildman–Crippen LogP) is 7.72. The highest BCUT2D eigenvalue weighted by molar-refractivity contribution is 6.32. The molecule has 0 radical (unpaired) electrons. The van der Waals surface area contributed by atoms with Crippen LogP contribution >= 0.6 is 0 Å². The molecule has 0 spiro atoms. The van der Waals surface area contributed by atoms with Crippen LogP contribution in [0.2, 0.25) is 0 Å². The van der Waals surface area contributed by atoms with Gasteiger partial charge < -0.3 is 31.1 Å². The molecule has 0 aliphatic carbocycles. The molecule has 8 rings (SSSR count). The van der Waals surface area contributed by atoms with Crippen molar-refractivity contribution in [1.29, 1.82) is 0 Å². The second-order valence-corrected chi connectivity index (χ2v) is 12.1. The second kappa shape index (κ2) is 13.8. The first kappa shape index (κ1) is 32.5. The number of nitrogens with zero attached hydrogens (tertiary/aromatic N) is 2. The first-order chi connectivity index (χ1) is 24.2. The minimum Gasteiger partial charge on any atom is -0.369 e. The third-order valence-corrected chi connectivity index (χ3v) is 8.80. The maximum absolute atomic E-state index is 14.3. The molecule has 8 nitrogen and oxygen atoms in total. The zero-order valence-electron chi connectivity index (χ0n) is 26.7. The monoisotopic (exact) mass is 680 g/mol. The lowest BCUT2D eigenvalue weighted by Crippen LogP contribution is -2.19. The van der Waals surface area contributed by atoms with E-state index in [0.29, 0.717) is 69.5 Å². The molecular weight excluding hydrogens is 648 g/mol. The summed E-state index contributed by atoms with van der Waals surface area (Å²) in [7, 11) is 0. The quantitative estimate of drug-likeness (QED) is 0.0948. The van der Waals surface area contributed by atoms with E-state index in [-0.39, 0.29) is 23.4 Å². The molecule has 0 aromatic heterocycles. The van der Waals surface area contributed by atoms with Crippen LogP contribution in [-0.2, 0) is 9.59 Å². The second-order valence-electron chi connectivity index (χ2n) is 12.1. The predicted molar refractivity (Wildman–Crippen MR) is 189 cm³/mol. The van der Waals surface area contributed by atoms with Gasteiger partial charge >= 0.3 is 0 Å². The summed E-state index contributed by atoms with van der Waals surface area (Å²) in [5.41, 5.74) is 5.10. The van der Waals surface area contributed by atoms with Gasteiger partial charge in [0.15, 0.2) is 0 Å². The molecule has 4 aliphatic rings. The summed E-state index contributed by atoms with van der Waals surface area (Å²) >= 11 is 0. The molecule has 12 heteroatoms. The van der Waals surface area contributed by atoms with Crippen molar-refractivity contribution in [3.05, 3.63) is 132 Å². The minimum atomic E-state index is -0.415. The van der Waals surface area contributed by atoms with Crippen LogP contribution in [0.15, 0.2) is 97.3 Å². The molecule has 4 aromatic rings. The maximum Gasteiger partial charge on any atom is 0.257 e. The molecule has 254 valence electrons. The van der Waals surface area contributed by atoms with Crippen molar-refractivity contribution in [2.75, 3.05) is 57.2 Å². The number of benzene rings is 4. The zero-order chi connectivity index (χ0) is 34.8. The average molecular weight is 681 g/mol. The summed E-state index contributed by atoms with van der Waals surface area (Å²) in [6.45, 7) is 3.14. The first-order valence-corrected chi connectivity index (χ1v) is 16.1. The van der Waals surface area contributed by atoms with Gasteiger partial charge in [-0.3, -0.25) is 9.59 Å². The van der Waals surface area contributed by atoms with Crippen molar-refractivity contribution < 1.29 is 27.2 Å². The van der Waals surface area contributed by atoms with E-state index >= 15 is 0 Å². The lowest BCUT2D eigenvalue weighted by Gasteiger charge is -2.18. The smallest absolute Gasteiger partial charge is 0.257 e. The van der Waals surface area contributed by atoms with Crippen molar-refractivity contribution in [2.45, 2.75) is 12.8 Å². The standard InChI is InChI=1S/C19H17F2N3O.C19H15F2N3O/c2*20-12-3-5-14-15(19(25)23-17(14)9-12)11-22-13-4-6-18(16(21)10-13)24-7-1-2-8-24/h3-6,9-11,22H,1-2,7-8H2,(H,23,25);1-6,9-11,22H,7-8H2,(H,23,25). The lowest BCUT2D eigenvalue weighted by molar-refractivity contribution is -0.111. The van der Waals surface area contributed by atoms with Crippen LogP contribution in [0.5, 0.6) is 0 Å². The number of nitrogens with one attached hydrogen (secondary N) is 4. The molecule has 4 aromatic carbocycles. The number of hydrogen-bond donors (Lipinski definition) is 4. The van der Waals surface area contributed by atoms with Crippen molar-refractivity contribution in [2.24, 2.45) is 0 Å². The summed E-state index contributed by atoms with van der Waals surface area (Å²) in [5, 5.41) is 11.1. The number of rotatable bonds is 6. The third-order valence-electron chi connectivity index (χ3n) is 8.80. The zero-order valence-corrected chi connectivity index (χ0v) is 26.7. The molecule has 0 saturated carbocycles. The Kier molecular flexibility index (Phi) is 8.99. The molecular formula is C38H32F4N6O2. The highest BCUT2D eigenvalue weighted by Crippen LogP contribution is 2.34. The van der Waals surface area contributed by atoms with E-state index in [2.05, 4.69) is 21.3 Å². The van der Waals surface area contributed by atoms with E-state index in [0.717, 1.165) is 25.9 Å². The normalized spacial score (nSPS) is 17.4. The van der Waals surface area contributed by atoms with Gasteiger partial charge in [-0.2, -0.15) is 0 Å². The van der Waals surface area contributed by atoms with Crippen molar-refractivity contribution in [3.63, 3.8) is 0 Å². The van der Waals surface area contributed by atoms with Gasteiger partial charge in [-0.05, 0) is 85.6 Å². The van der Waals surface area contributed by atoms with E-state index in [9.17, 15) is 27.2 Å². The topological polar surface area (TPSA) is 88.7 Å². The van der Waals surface area contributed by atoms with Gasteiger partial charge in [-0.25, -0.2) is 17.6 Å². The van der Waals surface area contributed by atoms with Crippen LogP contribution in [0.1, 0.15) is 24.0 Å². The number of amides is 2. The van der Waals surface area contributed by atoms with Crippen molar-refractivity contribution >= 4 is 57.1 Å². The molecule has 1 fully saturated rings. The Labute approximate surface area is 285 Å². The Bertz CT molecular complexity index is 1950. The van der Waals surface area contributed by atoms with Crippen LogP contribution in [0, 0.1) is 23.3 Å². The number of carbonyl (C=O) groups is 2. The van der Waals surface area contributed by atoms with Crippen LogP contribution in [0.4, 0.5) is 51.7 Å². The van der Waals surface area contributed by atoms with Gasteiger partial charge in [0.2, 0.25) is 0 Å². The molecule has 4 aliphatic heterocycles. The van der Waals surface area contributed by atoms with E-state index in [1.807, 2.05) is 22.0 Å². The minimum absolute atomic E-state index is 0.288. The largest absolute Gasteiger partial charge is 0.369 e. The van der Waals surface area contributed by atoms with Gasteiger partial charge in [-0.1, -0.05) is 12.2 Å². The van der Waals surface area contributed by atoms with E-state index < -0.39 is 11.6 Å². The number of anilines is 6. The first-order valence-electron chi connectivity index (χ1n) is 16.1. The Morgan fingerprint density at radius 1 is 0.580 bits per heavy atom. The van der Waals surface area contributed by atoms with Crippen molar-refractivity contribution in [3.8, 4) is 0 Å². The molecule has 4 heterocycles. The molecule has 0 unspecified atom stereocenters. The number of halogens is 4. The molecule has 50 heavy (non-hydrogen) atoms. The van der Waals surface area contributed by atoms with Crippen LogP contribution < -0.4 is 31.1 Å². The van der Waals surface area contributed by atoms with Gasteiger partial charge in [0.05, 0.1) is 33.9 Å². The van der Waals surface area contributed by atoms with E-state index in [4.69, 9.17) is 0 Å². The summed E-state index contributed by atoms with van der Waals surface area (Å²) < 4.78 is 55.1. The molecule has 0 atom stereocenters.